The third-order valence-electron chi connectivity index (χ3n) is 2.27. The standard InChI is InChI=1S/C12H11I2NO/c1-8-6-9(13)2-4-11(8)15-7-10-3-5-12(14)16-10/h2-6,15H,7H2,1H3. The van der Waals surface area contributed by atoms with E-state index in [4.69, 9.17) is 4.42 Å². The lowest BCUT2D eigenvalue weighted by atomic mass is 10.2. The van der Waals surface area contributed by atoms with Crippen LogP contribution in [0.3, 0.4) is 0 Å². The van der Waals surface area contributed by atoms with Crippen LogP contribution in [0.15, 0.2) is 34.7 Å². The number of hydrogen-bond donors (Lipinski definition) is 1. The minimum absolute atomic E-state index is 0.727. The first-order chi connectivity index (χ1) is 7.65. The predicted octanol–water partition coefficient (Wildman–Crippen LogP) is 4.41. The molecule has 0 bridgehead atoms. The van der Waals surface area contributed by atoms with Crippen LogP contribution in [-0.4, -0.2) is 0 Å². The molecular formula is C12H11I2NO. The number of furan rings is 1. The highest BCUT2D eigenvalue weighted by Crippen LogP contribution is 2.19. The van der Waals surface area contributed by atoms with Crippen molar-refractivity contribution in [1.82, 2.24) is 0 Å². The van der Waals surface area contributed by atoms with Crippen LogP contribution in [0, 0.1) is 14.3 Å². The third kappa shape index (κ3) is 3.13. The SMILES string of the molecule is Cc1cc(I)ccc1NCc1ccc(I)o1. The lowest BCUT2D eigenvalue weighted by Crippen LogP contribution is -2.00. The number of aryl methyl sites for hydroxylation is 1. The smallest absolute Gasteiger partial charge is 0.164 e. The summed E-state index contributed by atoms with van der Waals surface area (Å²) in [5.41, 5.74) is 2.42. The van der Waals surface area contributed by atoms with Crippen LogP contribution in [0.25, 0.3) is 0 Å². The molecule has 0 fully saturated rings. The van der Waals surface area contributed by atoms with Crippen LogP contribution in [0.5, 0.6) is 0 Å². The van der Waals surface area contributed by atoms with E-state index in [1.807, 2.05) is 12.1 Å². The molecule has 0 radical (unpaired) electrons. The number of benzene rings is 1. The largest absolute Gasteiger partial charge is 0.454 e. The summed E-state index contributed by atoms with van der Waals surface area (Å²) in [6, 6.07) is 10.3. The Morgan fingerprint density at radius 1 is 1.19 bits per heavy atom. The van der Waals surface area contributed by atoms with E-state index in [9.17, 15) is 0 Å². The average molecular weight is 439 g/mol. The van der Waals surface area contributed by atoms with E-state index >= 15 is 0 Å². The molecule has 1 aromatic carbocycles. The highest BCUT2D eigenvalue weighted by molar-refractivity contribution is 14.1. The van der Waals surface area contributed by atoms with Crippen LogP contribution in [0.4, 0.5) is 5.69 Å². The quantitative estimate of drug-likeness (QED) is 0.718. The van der Waals surface area contributed by atoms with E-state index in [1.165, 1.54) is 9.13 Å². The molecule has 0 atom stereocenters. The van der Waals surface area contributed by atoms with Crippen molar-refractivity contribution in [2.24, 2.45) is 0 Å². The summed E-state index contributed by atoms with van der Waals surface area (Å²) >= 11 is 4.49. The number of hydrogen-bond acceptors (Lipinski definition) is 2. The summed E-state index contributed by atoms with van der Waals surface area (Å²) in [5.74, 6) is 0.961. The van der Waals surface area contributed by atoms with Gasteiger partial charge >= 0.3 is 0 Å². The van der Waals surface area contributed by atoms with Crippen molar-refractivity contribution in [3.63, 3.8) is 0 Å². The molecule has 1 aromatic heterocycles. The van der Waals surface area contributed by atoms with Crippen LogP contribution in [0.2, 0.25) is 0 Å². The van der Waals surface area contributed by atoms with E-state index < -0.39 is 0 Å². The second-order valence-corrected chi connectivity index (χ2v) is 5.83. The molecule has 1 N–H and O–H groups in total. The van der Waals surface area contributed by atoms with E-state index in [0.29, 0.717) is 0 Å². The zero-order chi connectivity index (χ0) is 11.5. The van der Waals surface area contributed by atoms with Crippen LogP contribution in [-0.2, 0) is 6.54 Å². The minimum Gasteiger partial charge on any atom is -0.454 e. The van der Waals surface area contributed by atoms with E-state index in [-0.39, 0.29) is 0 Å². The van der Waals surface area contributed by atoms with Gasteiger partial charge in [0.15, 0.2) is 3.77 Å². The summed E-state index contributed by atoms with van der Waals surface area (Å²) in [6.45, 7) is 2.83. The Hall–Kier alpha value is -0.240. The minimum atomic E-state index is 0.727. The first kappa shape index (κ1) is 12.2. The Bertz CT molecular complexity index is 494. The van der Waals surface area contributed by atoms with Crippen molar-refractivity contribution < 1.29 is 4.42 Å². The number of halogens is 2. The van der Waals surface area contributed by atoms with Gasteiger partial charge in [-0.25, -0.2) is 0 Å². The fourth-order valence-corrected chi connectivity index (χ4v) is 2.56. The Kier molecular flexibility index (Phi) is 4.12. The van der Waals surface area contributed by atoms with Gasteiger partial charge in [0.2, 0.25) is 0 Å². The highest BCUT2D eigenvalue weighted by atomic mass is 127. The molecule has 0 saturated heterocycles. The molecular weight excluding hydrogens is 428 g/mol. The number of rotatable bonds is 3. The molecule has 2 nitrogen and oxygen atoms in total. The second kappa shape index (κ2) is 5.39. The molecule has 1 heterocycles. The molecule has 0 spiro atoms. The topological polar surface area (TPSA) is 25.2 Å². The molecule has 0 amide bonds. The monoisotopic (exact) mass is 439 g/mol. The molecule has 0 unspecified atom stereocenters. The lowest BCUT2D eigenvalue weighted by Gasteiger charge is -2.08. The van der Waals surface area contributed by atoms with Crippen LogP contribution < -0.4 is 5.32 Å². The Labute approximate surface area is 122 Å². The molecule has 2 aromatic rings. The molecule has 2 rings (SSSR count). The van der Waals surface area contributed by atoms with Gasteiger partial charge < -0.3 is 9.73 Å². The van der Waals surface area contributed by atoms with E-state index in [2.05, 4.69) is 75.6 Å². The van der Waals surface area contributed by atoms with Crippen molar-refractivity contribution in [3.8, 4) is 0 Å². The van der Waals surface area contributed by atoms with Crippen molar-refractivity contribution in [2.45, 2.75) is 13.5 Å². The maximum Gasteiger partial charge on any atom is 0.164 e. The third-order valence-corrected chi connectivity index (χ3v) is 3.52. The van der Waals surface area contributed by atoms with Crippen LogP contribution >= 0.6 is 45.2 Å². The molecule has 0 aliphatic carbocycles. The molecule has 0 aliphatic heterocycles. The Balaban J connectivity index is 2.04. The van der Waals surface area contributed by atoms with E-state index in [0.717, 1.165) is 21.8 Å². The van der Waals surface area contributed by atoms with Crippen LogP contribution in [0.1, 0.15) is 11.3 Å². The molecule has 4 heteroatoms. The Morgan fingerprint density at radius 2 is 2.00 bits per heavy atom. The van der Waals surface area contributed by atoms with Gasteiger partial charge in [-0.1, -0.05) is 0 Å². The summed E-state index contributed by atoms with van der Waals surface area (Å²) in [7, 11) is 0. The van der Waals surface area contributed by atoms with Gasteiger partial charge in [-0.15, -0.1) is 0 Å². The fraction of sp³-hybridized carbons (Fsp3) is 0.167. The second-order valence-electron chi connectivity index (χ2n) is 3.52. The maximum atomic E-state index is 5.49. The summed E-state index contributed by atoms with van der Waals surface area (Å²) in [5, 5.41) is 3.37. The van der Waals surface area contributed by atoms with Gasteiger partial charge in [-0.3, -0.25) is 0 Å². The van der Waals surface area contributed by atoms with Crippen molar-refractivity contribution in [1.29, 1.82) is 0 Å². The number of anilines is 1. The highest BCUT2D eigenvalue weighted by Gasteiger charge is 2.01. The van der Waals surface area contributed by atoms with Crippen molar-refractivity contribution >= 4 is 50.9 Å². The first-order valence-corrected chi connectivity index (χ1v) is 7.05. The number of nitrogens with one attached hydrogen (secondary N) is 1. The van der Waals surface area contributed by atoms with Gasteiger partial charge in [0.1, 0.15) is 5.76 Å². The zero-order valence-electron chi connectivity index (χ0n) is 8.76. The zero-order valence-corrected chi connectivity index (χ0v) is 13.1. The maximum absolute atomic E-state index is 5.49. The average Bonchev–Trinajstić information content (AvgIpc) is 2.63. The fourth-order valence-electron chi connectivity index (χ4n) is 1.45. The van der Waals surface area contributed by atoms with Crippen molar-refractivity contribution in [3.05, 3.63) is 49.0 Å². The Morgan fingerprint density at radius 3 is 2.62 bits per heavy atom. The van der Waals surface area contributed by atoms with E-state index in [1.54, 1.807) is 0 Å². The summed E-state index contributed by atoms with van der Waals surface area (Å²) in [6.07, 6.45) is 0. The molecule has 16 heavy (non-hydrogen) atoms. The van der Waals surface area contributed by atoms with Gasteiger partial charge in [0.25, 0.3) is 0 Å². The van der Waals surface area contributed by atoms with Gasteiger partial charge in [-0.05, 0) is 88.0 Å². The van der Waals surface area contributed by atoms with Gasteiger partial charge in [-0.2, -0.15) is 0 Å². The molecule has 0 saturated carbocycles. The normalized spacial score (nSPS) is 10.4. The van der Waals surface area contributed by atoms with Gasteiger partial charge in [0.05, 0.1) is 6.54 Å². The molecule has 84 valence electrons. The first-order valence-electron chi connectivity index (χ1n) is 4.89. The lowest BCUT2D eigenvalue weighted by molar-refractivity contribution is 0.493. The molecule has 0 aliphatic rings. The summed E-state index contributed by atoms with van der Waals surface area (Å²) < 4.78 is 7.67. The predicted molar refractivity (Wildman–Crippen MR) is 82.6 cm³/mol. The van der Waals surface area contributed by atoms with Gasteiger partial charge in [0, 0.05) is 9.26 Å². The van der Waals surface area contributed by atoms with Crippen molar-refractivity contribution in [2.75, 3.05) is 5.32 Å². The summed E-state index contributed by atoms with van der Waals surface area (Å²) in [4.78, 5) is 0.